The minimum absolute atomic E-state index is 0.170. The number of nitrogens with one attached hydrogen (secondary N) is 1. The Morgan fingerprint density at radius 1 is 0.879 bits per heavy atom. The van der Waals surface area contributed by atoms with Gasteiger partial charge < -0.3 is 19.7 Å². The van der Waals surface area contributed by atoms with Crippen LogP contribution in [0.4, 0.5) is 0 Å². The highest BCUT2D eigenvalue weighted by Gasteiger charge is 2.31. The Bertz CT molecular complexity index is 981. The number of nitrogens with zero attached hydrogens (tertiary/aromatic N) is 1. The van der Waals surface area contributed by atoms with E-state index in [0.29, 0.717) is 25.3 Å². The van der Waals surface area contributed by atoms with Gasteiger partial charge in [-0.05, 0) is 29.7 Å². The maximum absolute atomic E-state index is 13.4. The molecule has 0 saturated carbocycles. The number of rotatable bonds is 12. The molecule has 3 aromatic rings. The molecule has 0 aliphatic carbocycles. The molecule has 33 heavy (non-hydrogen) atoms. The van der Waals surface area contributed by atoms with Gasteiger partial charge in [-0.15, -0.1) is 0 Å². The van der Waals surface area contributed by atoms with Gasteiger partial charge in [-0.3, -0.25) is 9.59 Å². The third-order valence-electron chi connectivity index (χ3n) is 5.12. The predicted octanol–water partition coefficient (Wildman–Crippen LogP) is 3.99. The number of hydrogen-bond acceptors (Lipinski definition) is 4. The molecule has 172 valence electrons. The van der Waals surface area contributed by atoms with Gasteiger partial charge in [-0.1, -0.05) is 78.9 Å². The second-order valence-electron chi connectivity index (χ2n) is 7.56. The summed E-state index contributed by atoms with van der Waals surface area (Å²) in [7, 11) is 1.63. The van der Waals surface area contributed by atoms with Gasteiger partial charge in [0, 0.05) is 26.8 Å². The summed E-state index contributed by atoms with van der Waals surface area (Å²) >= 11 is 0. The number of methoxy groups -OCH3 is 1. The number of benzene rings is 3. The molecule has 0 unspecified atom stereocenters. The van der Waals surface area contributed by atoms with E-state index in [1.165, 1.54) is 0 Å². The maximum Gasteiger partial charge on any atom is 0.261 e. The van der Waals surface area contributed by atoms with Crippen LogP contribution < -0.4 is 10.1 Å². The summed E-state index contributed by atoms with van der Waals surface area (Å²) in [6.45, 7) is 1.12. The third kappa shape index (κ3) is 7.47. The summed E-state index contributed by atoms with van der Waals surface area (Å²) < 4.78 is 10.8. The van der Waals surface area contributed by atoms with Crippen molar-refractivity contribution >= 4 is 11.8 Å². The van der Waals surface area contributed by atoms with Crippen LogP contribution in [0.3, 0.4) is 0 Å². The highest BCUT2D eigenvalue weighted by Crippen LogP contribution is 2.24. The largest absolute Gasteiger partial charge is 0.484 e. The number of carbonyl (C=O) groups is 2. The summed E-state index contributed by atoms with van der Waals surface area (Å²) in [6, 6.07) is 27.4. The molecule has 6 nitrogen and oxygen atoms in total. The van der Waals surface area contributed by atoms with Gasteiger partial charge in [-0.2, -0.15) is 0 Å². The maximum atomic E-state index is 13.4. The molecule has 1 atom stereocenters. The second-order valence-corrected chi connectivity index (χ2v) is 7.56. The first-order valence-electron chi connectivity index (χ1n) is 11.0. The smallest absolute Gasteiger partial charge is 0.261 e. The fourth-order valence-electron chi connectivity index (χ4n) is 3.48. The van der Waals surface area contributed by atoms with Gasteiger partial charge in [0.05, 0.1) is 0 Å². The Morgan fingerprint density at radius 2 is 1.48 bits per heavy atom. The number of hydrogen-bond donors (Lipinski definition) is 1. The average molecular weight is 447 g/mol. The van der Waals surface area contributed by atoms with E-state index in [1.807, 2.05) is 78.9 Å². The monoisotopic (exact) mass is 446 g/mol. The lowest BCUT2D eigenvalue weighted by molar-refractivity contribution is -0.143. The Hall–Kier alpha value is -3.64. The molecule has 3 aromatic carbocycles. The number of para-hydroxylation sites is 1. The van der Waals surface area contributed by atoms with Crippen LogP contribution in [-0.2, 0) is 20.9 Å². The van der Waals surface area contributed by atoms with Crippen molar-refractivity contribution in [1.29, 1.82) is 0 Å². The molecular weight excluding hydrogens is 416 g/mol. The van der Waals surface area contributed by atoms with Crippen molar-refractivity contribution in [2.45, 2.75) is 19.0 Å². The highest BCUT2D eigenvalue weighted by molar-refractivity contribution is 5.89. The van der Waals surface area contributed by atoms with Crippen LogP contribution in [-0.4, -0.2) is 43.6 Å². The van der Waals surface area contributed by atoms with Crippen molar-refractivity contribution in [3.05, 3.63) is 102 Å². The van der Waals surface area contributed by atoms with Crippen LogP contribution in [0, 0.1) is 0 Å². The van der Waals surface area contributed by atoms with Gasteiger partial charge in [0.25, 0.3) is 5.91 Å². The van der Waals surface area contributed by atoms with E-state index in [4.69, 9.17) is 9.47 Å². The third-order valence-corrected chi connectivity index (χ3v) is 5.12. The van der Waals surface area contributed by atoms with Crippen molar-refractivity contribution in [1.82, 2.24) is 10.2 Å². The molecule has 1 N–H and O–H groups in total. The van der Waals surface area contributed by atoms with Crippen molar-refractivity contribution in [2.24, 2.45) is 0 Å². The van der Waals surface area contributed by atoms with E-state index < -0.39 is 6.04 Å². The molecule has 0 bridgehead atoms. The number of amides is 2. The van der Waals surface area contributed by atoms with Crippen LogP contribution in [0.1, 0.15) is 23.6 Å². The van der Waals surface area contributed by atoms with Crippen LogP contribution in [0.5, 0.6) is 5.75 Å². The first kappa shape index (κ1) is 24.0. The Kier molecular flexibility index (Phi) is 9.48. The van der Waals surface area contributed by atoms with E-state index >= 15 is 0 Å². The van der Waals surface area contributed by atoms with E-state index in [-0.39, 0.29) is 25.0 Å². The van der Waals surface area contributed by atoms with Crippen molar-refractivity contribution < 1.29 is 19.1 Å². The normalized spacial score (nSPS) is 11.4. The molecule has 0 heterocycles. The summed E-state index contributed by atoms with van der Waals surface area (Å²) in [5, 5.41) is 2.96. The molecule has 3 rings (SSSR count). The fraction of sp³-hybridized carbons (Fsp3) is 0.259. The number of carbonyl (C=O) groups excluding carboxylic acids is 2. The quantitative estimate of drug-likeness (QED) is 0.427. The molecule has 6 heteroatoms. The van der Waals surface area contributed by atoms with Crippen LogP contribution in [0.2, 0.25) is 0 Å². The van der Waals surface area contributed by atoms with E-state index in [0.717, 1.165) is 11.1 Å². The topological polar surface area (TPSA) is 67.9 Å². The zero-order valence-corrected chi connectivity index (χ0v) is 18.9. The second kappa shape index (κ2) is 13.0. The molecule has 0 aliphatic rings. The first-order valence-corrected chi connectivity index (χ1v) is 11.0. The Balaban J connectivity index is 1.86. The summed E-state index contributed by atoms with van der Waals surface area (Å²) in [6.07, 6.45) is 0.688. The van der Waals surface area contributed by atoms with Crippen molar-refractivity contribution in [3.8, 4) is 5.75 Å². The zero-order valence-electron chi connectivity index (χ0n) is 18.9. The van der Waals surface area contributed by atoms with E-state index in [1.54, 1.807) is 24.1 Å². The standard InChI is InChI=1S/C27H30N2O4/c1-32-19-11-18-28-27(31)26(23-14-7-3-8-15-23)29(20-22-12-5-2-6-13-22)25(30)21-33-24-16-9-4-10-17-24/h2-10,12-17,26H,11,18-21H2,1H3,(H,28,31)/t26-/m0/s1. The van der Waals surface area contributed by atoms with Crippen LogP contribution >= 0.6 is 0 Å². The molecule has 0 aliphatic heterocycles. The minimum atomic E-state index is -0.791. The lowest BCUT2D eigenvalue weighted by atomic mass is 10.0. The molecule has 0 fully saturated rings. The Morgan fingerprint density at radius 3 is 2.12 bits per heavy atom. The summed E-state index contributed by atoms with van der Waals surface area (Å²) in [5.74, 6) is 0.0932. The predicted molar refractivity (Wildman–Crippen MR) is 128 cm³/mol. The summed E-state index contributed by atoms with van der Waals surface area (Å²) in [5.41, 5.74) is 1.67. The van der Waals surface area contributed by atoms with Gasteiger partial charge in [0.15, 0.2) is 6.61 Å². The zero-order chi connectivity index (χ0) is 23.3. The van der Waals surface area contributed by atoms with Crippen molar-refractivity contribution in [3.63, 3.8) is 0 Å². The molecule has 0 aromatic heterocycles. The average Bonchev–Trinajstić information content (AvgIpc) is 2.87. The van der Waals surface area contributed by atoms with Crippen LogP contribution in [0.15, 0.2) is 91.0 Å². The van der Waals surface area contributed by atoms with Crippen molar-refractivity contribution in [2.75, 3.05) is 26.9 Å². The Labute approximate surface area is 195 Å². The summed E-state index contributed by atoms with van der Waals surface area (Å²) in [4.78, 5) is 28.3. The fourth-order valence-corrected chi connectivity index (χ4v) is 3.48. The molecular formula is C27H30N2O4. The number of ether oxygens (including phenoxy) is 2. The minimum Gasteiger partial charge on any atom is -0.484 e. The van der Waals surface area contributed by atoms with E-state index in [9.17, 15) is 9.59 Å². The molecule has 0 saturated heterocycles. The van der Waals surface area contributed by atoms with Gasteiger partial charge >= 0.3 is 0 Å². The van der Waals surface area contributed by atoms with Crippen LogP contribution in [0.25, 0.3) is 0 Å². The van der Waals surface area contributed by atoms with E-state index in [2.05, 4.69) is 5.32 Å². The first-order chi connectivity index (χ1) is 16.2. The molecule has 2 amide bonds. The molecule has 0 radical (unpaired) electrons. The lowest BCUT2D eigenvalue weighted by Gasteiger charge is -2.31. The van der Waals surface area contributed by atoms with Gasteiger partial charge in [0.1, 0.15) is 11.8 Å². The highest BCUT2D eigenvalue weighted by atomic mass is 16.5. The van der Waals surface area contributed by atoms with Gasteiger partial charge in [0.2, 0.25) is 5.91 Å². The SMILES string of the molecule is COCCCNC(=O)[C@H](c1ccccc1)N(Cc1ccccc1)C(=O)COc1ccccc1. The van der Waals surface area contributed by atoms with Gasteiger partial charge in [-0.25, -0.2) is 0 Å². The molecule has 0 spiro atoms. The lowest BCUT2D eigenvalue weighted by Crippen LogP contribution is -2.45.